The van der Waals surface area contributed by atoms with E-state index in [2.05, 4.69) is 11.4 Å². The molecule has 3 rings (SSSR count). The van der Waals surface area contributed by atoms with Crippen molar-refractivity contribution >= 4 is 11.6 Å². The number of ether oxygens (including phenoxy) is 2. The van der Waals surface area contributed by atoms with Crippen molar-refractivity contribution in [1.82, 2.24) is 5.32 Å². The minimum atomic E-state index is 0.589. The number of nitrogens with one attached hydrogen (secondary N) is 1. The van der Waals surface area contributed by atoms with Gasteiger partial charge >= 0.3 is 0 Å². The Bertz CT molecular complexity index is 628. The zero-order valence-corrected chi connectivity index (χ0v) is 12.0. The van der Waals surface area contributed by atoms with Gasteiger partial charge in [-0.15, -0.1) is 0 Å². The lowest BCUT2D eigenvalue weighted by molar-refractivity contribution is 0.171. The van der Waals surface area contributed by atoms with Crippen LogP contribution in [-0.2, 0) is 6.54 Å². The standard InChI is InChI=1S/C16H16ClNO2/c1-18-10-11-2-4-13(14(17)8-11)12-3-5-15-16(9-12)20-7-6-19-15/h2-5,8-9,18H,6-7,10H2,1H3. The molecule has 4 heteroatoms. The predicted molar refractivity (Wildman–Crippen MR) is 80.6 cm³/mol. The van der Waals surface area contributed by atoms with E-state index in [0.717, 1.165) is 34.2 Å². The van der Waals surface area contributed by atoms with Crippen LogP contribution in [0.2, 0.25) is 5.02 Å². The maximum atomic E-state index is 6.38. The van der Waals surface area contributed by atoms with Gasteiger partial charge in [-0.3, -0.25) is 0 Å². The summed E-state index contributed by atoms with van der Waals surface area (Å²) in [4.78, 5) is 0. The van der Waals surface area contributed by atoms with Crippen molar-refractivity contribution < 1.29 is 9.47 Å². The van der Waals surface area contributed by atoms with Gasteiger partial charge in [0.1, 0.15) is 13.2 Å². The molecule has 0 saturated heterocycles. The Kier molecular flexibility index (Phi) is 3.81. The van der Waals surface area contributed by atoms with Gasteiger partial charge in [0.25, 0.3) is 0 Å². The molecular weight excluding hydrogens is 274 g/mol. The van der Waals surface area contributed by atoms with Crippen LogP contribution in [-0.4, -0.2) is 20.3 Å². The number of hydrogen-bond acceptors (Lipinski definition) is 3. The number of halogens is 1. The second-order valence-corrected chi connectivity index (χ2v) is 5.11. The van der Waals surface area contributed by atoms with E-state index in [1.807, 2.05) is 37.4 Å². The van der Waals surface area contributed by atoms with Crippen molar-refractivity contribution in [3.05, 3.63) is 47.0 Å². The number of hydrogen-bond donors (Lipinski definition) is 1. The number of benzene rings is 2. The average Bonchev–Trinajstić information content (AvgIpc) is 2.47. The van der Waals surface area contributed by atoms with Gasteiger partial charge in [0, 0.05) is 17.1 Å². The van der Waals surface area contributed by atoms with Crippen LogP contribution in [0.15, 0.2) is 36.4 Å². The van der Waals surface area contributed by atoms with Crippen LogP contribution < -0.4 is 14.8 Å². The Morgan fingerprint density at radius 1 is 1.05 bits per heavy atom. The van der Waals surface area contributed by atoms with Crippen LogP contribution in [0.1, 0.15) is 5.56 Å². The summed E-state index contributed by atoms with van der Waals surface area (Å²) in [5.41, 5.74) is 3.21. The van der Waals surface area contributed by atoms with Crippen molar-refractivity contribution in [3.8, 4) is 22.6 Å². The minimum absolute atomic E-state index is 0.589. The summed E-state index contributed by atoms with van der Waals surface area (Å²) in [6.07, 6.45) is 0. The second-order valence-electron chi connectivity index (χ2n) is 4.70. The zero-order valence-electron chi connectivity index (χ0n) is 11.3. The monoisotopic (exact) mass is 289 g/mol. The average molecular weight is 290 g/mol. The molecule has 1 N–H and O–H groups in total. The van der Waals surface area contributed by atoms with Crippen LogP contribution in [0, 0.1) is 0 Å². The molecule has 2 aromatic rings. The van der Waals surface area contributed by atoms with Gasteiger partial charge in [-0.2, -0.15) is 0 Å². The Labute approximate surface area is 123 Å². The van der Waals surface area contributed by atoms with Crippen LogP contribution in [0.5, 0.6) is 11.5 Å². The highest BCUT2D eigenvalue weighted by Gasteiger charge is 2.13. The quantitative estimate of drug-likeness (QED) is 0.938. The fourth-order valence-corrected chi connectivity index (χ4v) is 2.63. The summed E-state index contributed by atoms with van der Waals surface area (Å²) in [5.74, 6) is 1.58. The summed E-state index contributed by atoms with van der Waals surface area (Å²) in [6, 6.07) is 12.0. The highest BCUT2D eigenvalue weighted by atomic mass is 35.5. The molecule has 0 saturated carbocycles. The van der Waals surface area contributed by atoms with Crippen molar-refractivity contribution in [2.24, 2.45) is 0 Å². The third-order valence-corrected chi connectivity index (χ3v) is 3.58. The third kappa shape index (κ3) is 2.60. The SMILES string of the molecule is CNCc1ccc(-c2ccc3c(c2)OCCO3)c(Cl)c1. The third-order valence-electron chi connectivity index (χ3n) is 3.27. The van der Waals surface area contributed by atoms with Crippen molar-refractivity contribution in [1.29, 1.82) is 0 Å². The first-order valence-corrected chi connectivity index (χ1v) is 6.99. The Morgan fingerprint density at radius 3 is 2.60 bits per heavy atom. The lowest BCUT2D eigenvalue weighted by atomic mass is 10.0. The molecule has 0 aromatic heterocycles. The van der Waals surface area contributed by atoms with E-state index in [0.29, 0.717) is 13.2 Å². The lowest BCUT2D eigenvalue weighted by Crippen LogP contribution is -2.15. The van der Waals surface area contributed by atoms with E-state index < -0.39 is 0 Å². The Morgan fingerprint density at radius 2 is 1.85 bits per heavy atom. The van der Waals surface area contributed by atoms with Crippen LogP contribution in [0.4, 0.5) is 0 Å². The smallest absolute Gasteiger partial charge is 0.161 e. The predicted octanol–water partition coefficient (Wildman–Crippen LogP) is 3.50. The summed E-state index contributed by atoms with van der Waals surface area (Å²) in [6.45, 7) is 2.00. The molecule has 0 unspecified atom stereocenters. The van der Waals surface area contributed by atoms with Gasteiger partial charge in [0.2, 0.25) is 0 Å². The summed E-state index contributed by atoms with van der Waals surface area (Å²) >= 11 is 6.38. The van der Waals surface area contributed by atoms with Crippen molar-refractivity contribution in [3.63, 3.8) is 0 Å². The Balaban J connectivity index is 1.96. The molecule has 0 spiro atoms. The molecule has 1 aliphatic rings. The molecule has 20 heavy (non-hydrogen) atoms. The molecule has 3 nitrogen and oxygen atoms in total. The largest absolute Gasteiger partial charge is 0.486 e. The zero-order chi connectivity index (χ0) is 13.9. The van der Waals surface area contributed by atoms with Crippen molar-refractivity contribution in [2.75, 3.05) is 20.3 Å². The van der Waals surface area contributed by atoms with Gasteiger partial charge in [-0.1, -0.05) is 29.8 Å². The molecule has 1 heterocycles. The van der Waals surface area contributed by atoms with E-state index in [9.17, 15) is 0 Å². The molecule has 0 amide bonds. The van der Waals surface area contributed by atoms with Gasteiger partial charge in [0.05, 0.1) is 0 Å². The molecule has 2 aromatic carbocycles. The van der Waals surface area contributed by atoms with Crippen molar-refractivity contribution in [2.45, 2.75) is 6.54 Å². The Hall–Kier alpha value is -1.71. The molecule has 1 aliphatic heterocycles. The van der Waals surface area contributed by atoms with Gasteiger partial charge in [-0.05, 0) is 36.4 Å². The van der Waals surface area contributed by atoms with E-state index in [1.165, 1.54) is 5.56 Å². The van der Waals surface area contributed by atoms with E-state index in [-0.39, 0.29) is 0 Å². The van der Waals surface area contributed by atoms with Crippen LogP contribution in [0.3, 0.4) is 0 Å². The highest BCUT2D eigenvalue weighted by Crippen LogP contribution is 2.37. The second kappa shape index (κ2) is 5.73. The fourth-order valence-electron chi connectivity index (χ4n) is 2.32. The van der Waals surface area contributed by atoms with Gasteiger partial charge in [-0.25, -0.2) is 0 Å². The minimum Gasteiger partial charge on any atom is -0.486 e. The van der Waals surface area contributed by atoms with Crippen LogP contribution >= 0.6 is 11.6 Å². The molecule has 0 radical (unpaired) electrons. The fraction of sp³-hybridized carbons (Fsp3) is 0.250. The molecule has 0 atom stereocenters. The normalized spacial score (nSPS) is 13.3. The molecule has 104 valence electrons. The van der Waals surface area contributed by atoms with E-state index in [1.54, 1.807) is 0 Å². The van der Waals surface area contributed by atoms with E-state index >= 15 is 0 Å². The highest BCUT2D eigenvalue weighted by molar-refractivity contribution is 6.33. The maximum Gasteiger partial charge on any atom is 0.161 e. The summed E-state index contributed by atoms with van der Waals surface area (Å²) in [7, 11) is 1.92. The molecule has 0 bridgehead atoms. The molecular formula is C16H16ClNO2. The van der Waals surface area contributed by atoms with Gasteiger partial charge < -0.3 is 14.8 Å². The number of rotatable bonds is 3. The van der Waals surface area contributed by atoms with E-state index in [4.69, 9.17) is 21.1 Å². The summed E-state index contributed by atoms with van der Waals surface area (Å²) < 4.78 is 11.1. The first-order valence-electron chi connectivity index (χ1n) is 6.61. The molecule has 0 fully saturated rings. The topological polar surface area (TPSA) is 30.5 Å². The first-order chi connectivity index (χ1) is 9.78. The first kappa shape index (κ1) is 13.3. The summed E-state index contributed by atoms with van der Waals surface area (Å²) in [5, 5.41) is 3.86. The van der Waals surface area contributed by atoms with Gasteiger partial charge in [0.15, 0.2) is 11.5 Å². The number of fused-ring (bicyclic) bond motifs is 1. The van der Waals surface area contributed by atoms with Crippen LogP contribution in [0.25, 0.3) is 11.1 Å². The maximum absolute atomic E-state index is 6.38. The lowest BCUT2D eigenvalue weighted by Gasteiger charge is -2.19. The molecule has 0 aliphatic carbocycles.